The lowest BCUT2D eigenvalue weighted by Crippen LogP contribution is -2.39. The molecule has 140 valence electrons. The van der Waals surface area contributed by atoms with Crippen molar-refractivity contribution >= 4 is 5.97 Å². The second-order valence-electron chi connectivity index (χ2n) is 10.5. The fraction of sp³-hybridized carbons (Fsp3) is 0.955. The highest BCUT2D eigenvalue weighted by molar-refractivity contribution is 5.70. The number of esters is 1. The molecule has 0 aromatic carbocycles. The van der Waals surface area contributed by atoms with Crippen LogP contribution in [0.25, 0.3) is 0 Å². The van der Waals surface area contributed by atoms with E-state index in [1.807, 2.05) is 0 Å². The maximum Gasteiger partial charge on any atom is 0.306 e. The van der Waals surface area contributed by atoms with Gasteiger partial charge in [0.25, 0.3) is 0 Å². The summed E-state index contributed by atoms with van der Waals surface area (Å²) in [6, 6.07) is 0. The van der Waals surface area contributed by atoms with Crippen molar-refractivity contribution in [1.82, 2.24) is 0 Å². The Morgan fingerprint density at radius 1 is 0.792 bits per heavy atom. The highest BCUT2D eigenvalue weighted by Crippen LogP contribution is 2.44. The van der Waals surface area contributed by atoms with Gasteiger partial charge in [-0.25, -0.2) is 0 Å². The molecule has 0 saturated heterocycles. The molecule has 0 spiro atoms. The van der Waals surface area contributed by atoms with E-state index in [9.17, 15) is 4.79 Å². The Labute approximate surface area is 150 Å². The maximum atomic E-state index is 12.7. The summed E-state index contributed by atoms with van der Waals surface area (Å²) in [5.74, 6) is 1.75. The molecule has 0 aromatic heterocycles. The van der Waals surface area contributed by atoms with Crippen LogP contribution < -0.4 is 0 Å². The van der Waals surface area contributed by atoms with Gasteiger partial charge in [-0.15, -0.1) is 0 Å². The smallest absolute Gasteiger partial charge is 0.306 e. The molecule has 0 aromatic rings. The third kappa shape index (κ3) is 5.23. The molecule has 2 rings (SSSR count). The third-order valence-electron chi connectivity index (χ3n) is 6.55. The van der Waals surface area contributed by atoms with E-state index < -0.39 is 0 Å². The predicted octanol–water partition coefficient (Wildman–Crippen LogP) is 6.38. The number of ether oxygens (including phenoxy) is 1. The molecule has 0 amide bonds. The van der Waals surface area contributed by atoms with Crippen LogP contribution in [0.3, 0.4) is 0 Å². The van der Waals surface area contributed by atoms with Gasteiger partial charge >= 0.3 is 5.97 Å². The van der Waals surface area contributed by atoms with E-state index in [1.165, 1.54) is 44.9 Å². The first-order valence-corrected chi connectivity index (χ1v) is 10.3. The average molecular weight is 337 g/mol. The topological polar surface area (TPSA) is 26.3 Å². The minimum Gasteiger partial charge on any atom is -0.462 e. The molecule has 24 heavy (non-hydrogen) atoms. The largest absolute Gasteiger partial charge is 0.462 e. The first-order valence-electron chi connectivity index (χ1n) is 10.3. The van der Waals surface area contributed by atoms with E-state index >= 15 is 0 Å². The summed E-state index contributed by atoms with van der Waals surface area (Å²) in [6.45, 7) is 13.9. The number of hydrogen-bond donors (Lipinski definition) is 0. The molecule has 2 heteroatoms. The Balaban J connectivity index is 1.96. The van der Waals surface area contributed by atoms with E-state index in [1.54, 1.807) is 0 Å². The molecule has 0 bridgehead atoms. The molecule has 0 radical (unpaired) electrons. The van der Waals surface area contributed by atoms with Crippen molar-refractivity contribution in [2.75, 3.05) is 0 Å². The van der Waals surface area contributed by atoms with Crippen molar-refractivity contribution in [2.24, 2.45) is 28.6 Å². The summed E-state index contributed by atoms with van der Waals surface area (Å²) in [5.41, 5.74) is 0.522. The lowest BCUT2D eigenvalue weighted by atomic mass is 9.65. The van der Waals surface area contributed by atoms with E-state index in [-0.39, 0.29) is 17.5 Å². The van der Waals surface area contributed by atoms with Crippen molar-refractivity contribution in [3.8, 4) is 0 Å². The van der Waals surface area contributed by atoms with Crippen LogP contribution >= 0.6 is 0 Å². The zero-order valence-corrected chi connectivity index (χ0v) is 17.0. The summed E-state index contributed by atoms with van der Waals surface area (Å²) in [5, 5.41) is 0. The third-order valence-corrected chi connectivity index (χ3v) is 6.55. The molecular formula is C22H40O2. The number of carbonyl (C=O) groups excluding carboxylic acids is 1. The Kier molecular flexibility index (Phi) is 6.42. The van der Waals surface area contributed by atoms with Gasteiger partial charge in [0.2, 0.25) is 0 Å². The molecule has 0 N–H and O–H groups in total. The average Bonchev–Trinajstić information content (AvgIpc) is 2.46. The van der Waals surface area contributed by atoms with Crippen LogP contribution in [-0.4, -0.2) is 12.1 Å². The number of carbonyl (C=O) groups is 1. The fourth-order valence-electron chi connectivity index (χ4n) is 5.25. The first-order chi connectivity index (χ1) is 11.1. The van der Waals surface area contributed by atoms with E-state index in [4.69, 9.17) is 4.74 Å². The van der Waals surface area contributed by atoms with Gasteiger partial charge < -0.3 is 4.74 Å². The molecule has 4 atom stereocenters. The van der Waals surface area contributed by atoms with Crippen molar-refractivity contribution in [3.05, 3.63) is 0 Å². The minimum atomic E-state index is 0.0669. The van der Waals surface area contributed by atoms with Crippen molar-refractivity contribution < 1.29 is 9.53 Å². The molecule has 2 saturated carbocycles. The van der Waals surface area contributed by atoms with Gasteiger partial charge in [0.1, 0.15) is 6.10 Å². The van der Waals surface area contributed by atoms with Gasteiger partial charge in [-0.05, 0) is 54.8 Å². The monoisotopic (exact) mass is 336 g/mol. The van der Waals surface area contributed by atoms with Gasteiger partial charge in [-0.1, -0.05) is 60.8 Å². The van der Waals surface area contributed by atoms with Gasteiger partial charge in [-0.2, -0.15) is 0 Å². The molecule has 0 heterocycles. The summed E-state index contributed by atoms with van der Waals surface area (Å²) in [7, 11) is 0. The minimum absolute atomic E-state index is 0.0669. The Hall–Kier alpha value is -0.530. The summed E-state index contributed by atoms with van der Waals surface area (Å²) < 4.78 is 6.06. The van der Waals surface area contributed by atoms with Gasteiger partial charge in [0.05, 0.1) is 0 Å². The Morgan fingerprint density at radius 3 is 1.88 bits per heavy atom. The maximum absolute atomic E-state index is 12.7. The molecule has 2 nitrogen and oxygen atoms in total. The van der Waals surface area contributed by atoms with Crippen LogP contribution in [0.1, 0.15) is 99.3 Å². The van der Waals surface area contributed by atoms with Gasteiger partial charge in [-0.3, -0.25) is 4.79 Å². The molecule has 2 aliphatic carbocycles. The van der Waals surface area contributed by atoms with E-state index in [0.29, 0.717) is 29.6 Å². The molecule has 2 aliphatic rings. The van der Waals surface area contributed by atoms with Gasteiger partial charge in [0.15, 0.2) is 0 Å². The van der Waals surface area contributed by atoms with Crippen LogP contribution in [0, 0.1) is 28.6 Å². The Bertz CT molecular complexity index is 375. The second-order valence-corrected chi connectivity index (χ2v) is 10.5. The van der Waals surface area contributed by atoms with Crippen LogP contribution in [-0.2, 0) is 9.53 Å². The first kappa shape index (κ1) is 19.8. The van der Waals surface area contributed by atoms with Crippen molar-refractivity contribution in [3.63, 3.8) is 0 Å². The normalized spacial score (nSPS) is 32.4. The summed E-state index contributed by atoms with van der Waals surface area (Å²) in [4.78, 5) is 12.7. The number of hydrogen-bond acceptors (Lipinski definition) is 2. The summed E-state index contributed by atoms with van der Waals surface area (Å²) >= 11 is 0. The highest BCUT2D eigenvalue weighted by atomic mass is 16.5. The van der Waals surface area contributed by atoms with Gasteiger partial charge in [0, 0.05) is 12.3 Å². The van der Waals surface area contributed by atoms with Crippen LogP contribution in [0.5, 0.6) is 0 Å². The predicted molar refractivity (Wildman–Crippen MR) is 101 cm³/mol. The standard InChI is InChI=1S/C22H40O2/c1-21(2,3)17-12-8-7-11-16(17)15-20(23)24-19-14-10-9-13-18(19)22(4,5)6/h16-19H,7-15H2,1-6H3. The lowest BCUT2D eigenvalue weighted by molar-refractivity contribution is -0.159. The quantitative estimate of drug-likeness (QED) is 0.559. The fourth-order valence-corrected chi connectivity index (χ4v) is 5.25. The van der Waals surface area contributed by atoms with E-state index in [2.05, 4.69) is 41.5 Å². The SMILES string of the molecule is CC(C)(C)C1CCCCC1CC(=O)OC1CCCCC1C(C)(C)C. The number of rotatable bonds is 3. The van der Waals surface area contributed by atoms with Crippen molar-refractivity contribution in [1.29, 1.82) is 0 Å². The molecule has 2 fully saturated rings. The molecule has 0 aliphatic heterocycles. The van der Waals surface area contributed by atoms with Crippen LogP contribution in [0.15, 0.2) is 0 Å². The molecule has 4 unspecified atom stereocenters. The van der Waals surface area contributed by atoms with Crippen LogP contribution in [0.2, 0.25) is 0 Å². The molecular weight excluding hydrogens is 296 g/mol. The highest BCUT2D eigenvalue weighted by Gasteiger charge is 2.38. The lowest BCUT2D eigenvalue weighted by Gasteiger charge is -2.42. The van der Waals surface area contributed by atoms with E-state index in [0.717, 1.165) is 6.42 Å². The second kappa shape index (κ2) is 7.79. The Morgan fingerprint density at radius 2 is 1.29 bits per heavy atom. The summed E-state index contributed by atoms with van der Waals surface area (Å²) in [6.07, 6.45) is 10.6. The zero-order chi connectivity index (χ0) is 18.0. The van der Waals surface area contributed by atoms with Crippen molar-refractivity contribution in [2.45, 2.75) is 105 Å². The van der Waals surface area contributed by atoms with Crippen LogP contribution in [0.4, 0.5) is 0 Å². The zero-order valence-electron chi connectivity index (χ0n) is 17.0.